The number of anilines is 1. The van der Waals surface area contributed by atoms with Gasteiger partial charge in [0.2, 0.25) is 11.8 Å². The average molecular weight is 500 g/mol. The Kier molecular flexibility index (Phi) is 7.30. The van der Waals surface area contributed by atoms with E-state index in [0.717, 1.165) is 55.8 Å². The van der Waals surface area contributed by atoms with Gasteiger partial charge in [-0.2, -0.15) is 0 Å². The first-order valence-corrected chi connectivity index (χ1v) is 13.1. The highest BCUT2D eigenvalue weighted by molar-refractivity contribution is 7.90. The number of para-hydroxylation sites is 1. The summed E-state index contributed by atoms with van der Waals surface area (Å²) in [7, 11) is -3.53. The Bertz CT molecular complexity index is 1320. The Morgan fingerprint density at radius 2 is 1.83 bits per heavy atom. The summed E-state index contributed by atoms with van der Waals surface area (Å²) in [5.74, 6) is -0.479. The van der Waals surface area contributed by atoms with Crippen LogP contribution in [0.2, 0.25) is 0 Å². The molecular formula is C25H26FN3O5S. The van der Waals surface area contributed by atoms with Crippen LogP contribution in [0.1, 0.15) is 24.0 Å². The highest BCUT2D eigenvalue weighted by atomic mass is 32.2. The number of ether oxygens (including phenoxy) is 2. The molecule has 0 saturated carbocycles. The van der Waals surface area contributed by atoms with Gasteiger partial charge >= 0.3 is 0 Å². The van der Waals surface area contributed by atoms with E-state index in [1.54, 1.807) is 6.92 Å². The maximum Gasteiger partial charge on any atom is 0.229 e. The fourth-order valence-corrected chi connectivity index (χ4v) is 4.63. The van der Waals surface area contributed by atoms with E-state index >= 15 is 0 Å². The van der Waals surface area contributed by atoms with E-state index in [1.165, 1.54) is 18.5 Å². The molecule has 2 aromatic carbocycles. The first-order chi connectivity index (χ1) is 16.8. The quantitative estimate of drug-likeness (QED) is 0.430. The topological polar surface area (TPSA) is 98.7 Å². The number of aldehydes is 1. The number of halogens is 1. The van der Waals surface area contributed by atoms with Crippen LogP contribution >= 0.6 is 0 Å². The first kappa shape index (κ1) is 24.6. The van der Waals surface area contributed by atoms with Crippen molar-refractivity contribution in [1.29, 1.82) is 0 Å². The van der Waals surface area contributed by atoms with E-state index in [4.69, 9.17) is 9.47 Å². The largest absolute Gasteiger partial charge is 0.474 e. The summed E-state index contributed by atoms with van der Waals surface area (Å²) in [6.07, 6.45) is 5.04. The Hall–Kier alpha value is -3.53. The molecule has 1 saturated heterocycles. The lowest BCUT2D eigenvalue weighted by atomic mass is 10.0. The normalized spacial score (nSPS) is 14.5. The molecule has 0 unspecified atom stereocenters. The molecule has 0 atom stereocenters. The maximum absolute atomic E-state index is 14.4. The van der Waals surface area contributed by atoms with Gasteiger partial charge in [-0.1, -0.05) is 18.2 Å². The number of aromatic nitrogens is 2. The van der Waals surface area contributed by atoms with Crippen LogP contribution in [0.15, 0.2) is 53.7 Å². The van der Waals surface area contributed by atoms with Gasteiger partial charge in [0, 0.05) is 44.3 Å². The fourth-order valence-electron chi connectivity index (χ4n) is 3.99. The van der Waals surface area contributed by atoms with Crippen LogP contribution in [-0.4, -0.2) is 50.1 Å². The average Bonchev–Trinajstić information content (AvgIpc) is 2.83. The molecule has 0 amide bonds. The van der Waals surface area contributed by atoms with Gasteiger partial charge in [-0.05, 0) is 36.8 Å². The number of carbonyl (C=O) groups excluding carboxylic acids is 1. The summed E-state index contributed by atoms with van der Waals surface area (Å²) in [4.78, 5) is 21.4. The minimum absolute atomic E-state index is 0.0725. The van der Waals surface area contributed by atoms with Crippen LogP contribution in [0.25, 0.3) is 0 Å². The number of rotatable bonds is 8. The van der Waals surface area contributed by atoms with Crippen LogP contribution in [0.5, 0.6) is 17.5 Å². The Labute approximate surface area is 203 Å². The van der Waals surface area contributed by atoms with E-state index in [9.17, 15) is 17.6 Å². The molecule has 0 radical (unpaired) electrons. The number of carbonyl (C=O) groups is 1. The van der Waals surface area contributed by atoms with Crippen molar-refractivity contribution in [2.75, 3.05) is 24.2 Å². The standard InChI is InChI=1S/C25H26FN3O5S/c1-17-24(27-16-28-25(17)34-23-8-7-20(15-21(23)26)35(2,31)32)33-19-9-12-29(13-10-19)22-6-4-3-5-18(22)11-14-30/h3-8,14-16,19H,9-13H2,1-2H3. The van der Waals surface area contributed by atoms with Crippen LogP contribution in [-0.2, 0) is 21.1 Å². The first-order valence-electron chi connectivity index (χ1n) is 11.2. The molecule has 0 N–H and O–H groups in total. The minimum Gasteiger partial charge on any atom is -0.474 e. The number of hydrogen-bond acceptors (Lipinski definition) is 8. The zero-order valence-electron chi connectivity index (χ0n) is 19.5. The molecule has 8 nitrogen and oxygen atoms in total. The number of sulfone groups is 1. The second-order valence-corrected chi connectivity index (χ2v) is 10.4. The predicted molar refractivity (Wildman–Crippen MR) is 128 cm³/mol. The molecule has 1 fully saturated rings. The Morgan fingerprint density at radius 1 is 1.11 bits per heavy atom. The Balaban J connectivity index is 1.43. The van der Waals surface area contributed by atoms with Gasteiger partial charge in [0.05, 0.1) is 10.5 Å². The highest BCUT2D eigenvalue weighted by Crippen LogP contribution is 2.32. The fraction of sp³-hybridized carbons (Fsp3) is 0.320. The zero-order chi connectivity index (χ0) is 25.0. The summed E-state index contributed by atoms with van der Waals surface area (Å²) in [6.45, 7) is 3.26. The molecule has 0 bridgehead atoms. The van der Waals surface area contributed by atoms with Gasteiger partial charge in [0.25, 0.3) is 0 Å². The van der Waals surface area contributed by atoms with Gasteiger partial charge in [-0.15, -0.1) is 0 Å². The summed E-state index contributed by atoms with van der Waals surface area (Å²) in [5.41, 5.74) is 2.58. The summed E-state index contributed by atoms with van der Waals surface area (Å²) >= 11 is 0. The van der Waals surface area contributed by atoms with Crippen molar-refractivity contribution in [1.82, 2.24) is 9.97 Å². The van der Waals surface area contributed by atoms with Crippen molar-refractivity contribution in [2.24, 2.45) is 0 Å². The van der Waals surface area contributed by atoms with Crippen molar-refractivity contribution in [2.45, 2.75) is 37.2 Å². The van der Waals surface area contributed by atoms with Crippen LogP contribution in [0, 0.1) is 12.7 Å². The van der Waals surface area contributed by atoms with Gasteiger partial charge in [-0.3, -0.25) is 0 Å². The molecule has 184 valence electrons. The lowest BCUT2D eigenvalue weighted by Crippen LogP contribution is -2.39. The van der Waals surface area contributed by atoms with E-state index in [2.05, 4.69) is 14.9 Å². The zero-order valence-corrected chi connectivity index (χ0v) is 20.3. The highest BCUT2D eigenvalue weighted by Gasteiger charge is 2.24. The second-order valence-electron chi connectivity index (χ2n) is 8.38. The number of nitrogens with zero attached hydrogens (tertiary/aromatic N) is 3. The molecule has 0 spiro atoms. The van der Waals surface area contributed by atoms with Crippen molar-refractivity contribution < 1.29 is 27.1 Å². The SMILES string of the molecule is Cc1c(Oc2ccc(S(C)(=O)=O)cc2F)ncnc1OC1CCN(c2ccccc2CC=O)CC1. The summed E-state index contributed by atoms with van der Waals surface area (Å²) in [5, 5.41) is 0. The summed E-state index contributed by atoms with van der Waals surface area (Å²) in [6, 6.07) is 11.3. The number of benzene rings is 2. The van der Waals surface area contributed by atoms with Gasteiger partial charge < -0.3 is 19.2 Å². The smallest absolute Gasteiger partial charge is 0.229 e. The van der Waals surface area contributed by atoms with Crippen molar-refractivity contribution in [3.8, 4) is 17.5 Å². The van der Waals surface area contributed by atoms with Crippen LogP contribution in [0.4, 0.5) is 10.1 Å². The Morgan fingerprint density at radius 3 is 2.51 bits per heavy atom. The second kappa shape index (κ2) is 10.4. The molecule has 1 aliphatic heterocycles. The van der Waals surface area contributed by atoms with Gasteiger partial charge in [0.15, 0.2) is 21.4 Å². The van der Waals surface area contributed by atoms with E-state index in [-0.39, 0.29) is 22.6 Å². The molecule has 10 heteroatoms. The van der Waals surface area contributed by atoms with Gasteiger partial charge in [-0.25, -0.2) is 22.8 Å². The number of piperidine rings is 1. The molecule has 1 aliphatic rings. The van der Waals surface area contributed by atoms with Crippen molar-refractivity contribution in [3.05, 3.63) is 65.7 Å². The molecule has 0 aliphatic carbocycles. The third kappa shape index (κ3) is 5.76. The van der Waals surface area contributed by atoms with E-state index in [1.807, 2.05) is 24.3 Å². The molecule has 3 aromatic rings. The molecule has 1 aromatic heterocycles. The molecular weight excluding hydrogens is 473 g/mol. The lowest BCUT2D eigenvalue weighted by Gasteiger charge is -2.34. The summed E-state index contributed by atoms with van der Waals surface area (Å²) < 4.78 is 49.4. The molecule has 4 rings (SSSR count). The third-order valence-electron chi connectivity index (χ3n) is 5.89. The predicted octanol–water partition coefficient (Wildman–Crippen LogP) is 3.91. The van der Waals surface area contributed by atoms with Crippen molar-refractivity contribution in [3.63, 3.8) is 0 Å². The van der Waals surface area contributed by atoms with Gasteiger partial charge in [0.1, 0.15) is 18.7 Å². The number of hydrogen-bond donors (Lipinski definition) is 0. The van der Waals surface area contributed by atoms with E-state index in [0.29, 0.717) is 17.9 Å². The third-order valence-corrected chi connectivity index (χ3v) is 7.00. The monoisotopic (exact) mass is 499 g/mol. The molecule has 2 heterocycles. The van der Waals surface area contributed by atoms with E-state index < -0.39 is 15.7 Å². The van der Waals surface area contributed by atoms with Crippen LogP contribution < -0.4 is 14.4 Å². The molecule has 35 heavy (non-hydrogen) atoms. The maximum atomic E-state index is 14.4. The lowest BCUT2D eigenvalue weighted by molar-refractivity contribution is -0.107. The van der Waals surface area contributed by atoms with Crippen molar-refractivity contribution >= 4 is 21.8 Å². The van der Waals surface area contributed by atoms with Crippen LogP contribution in [0.3, 0.4) is 0 Å². The minimum atomic E-state index is -3.53.